The lowest BCUT2D eigenvalue weighted by molar-refractivity contribution is 0.0950. The molecule has 3 aromatic carbocycles. The summed E-state index contributed by atoms with van der Waals surface area (Å²) in [5.41, 5.74) is 3.54. The number of nitrogens with zero attached hydrogens (tertiary/aromatic N) is 2. The van der Waals surface area contributed by atoms with Gasteiger partial charge in [-0.25, -0.2) is 14.4 Å². The topological polar surface area (TPSA) is 85.4 Å². The molecule has 0 spiro atoms. The Hall–Kier alpha value is -4.46. The Morgan fingerprint density at radius 1 is 0.912 bits per heavy atom. The van der Waals surface area contributed by atoms with Crippen LogP contribution in [0.15, 0.2) is 79.1 Å². The minimum Gasteiger partial charge on any atom is -0.497 e. The van der Waals surface area contributed by atoms with Crippen molar-refractivity contribution in [2.45, 2.75) is 6.54 Å². The van der Waals surface area contributed by atoms with Gasteiger partial charge in [0.2, 0.25) is 5.95 Å². The number of hydrogen-bond donors (Lipinski definition) is 2. The minimum absolute atomic E-state index is 0.235. The van der Waals surface area contributed by atoms with E-state index in [0.717, 1.165) is 16.7 Å². The maximum atomic E-state index is 13.1. The van der Waals surface area contributed by atoms with Crippen LogP contribution in [0.5, 0.6) is 11.5 Å². The molecule has 1 aromatic heterocycles. The summed E-state index contributed by atoms with van der Waals surface area (Å²) in [5.74, 6) is 1.19. The summed E-state index contributed by atoms with van der Waals surface area (Å²) in [7, 11) is 3.17. The average molecular weight is 458 g/mol. The molecular weight excluding hydrogens is 435 g/mol. The maximum absolute atomic E-state index is 13.1. The number of carbonyl (C=O) groups excluding carboxylic acids is 1. The van der Waals surface area contributed by atoms with Gasteiger partial charge in [-0.3, -0.25) is 4.79 Å². The third-order valence-electron chi connectivity index (χ3n) is 5.14. The Morgan fingerprint density at radius 3 is 2.38 bits per heavy atom. The number of rotatable bonds is 8. The smallest absolute Gasteiger partial charge is 0.251 e. The highest BCUT2D eigenvalue weighted by atomic mass is 19.1. The largest absolute Gasteiger partial charge is 0.497 e. The van der Waals surface area contributed by atoms with Gasteiger partial charge in [-0.2, -0.15) is 0 Å². The first kappa shape index (κ1) is 22.7. The number of amides is 1. The molecule has 1 amide bonds. The Balaban J connectivity index is 1.42. The summed E-state index contributed by atoms with van der Waals surface area (Å²) in [6, 6.07) is 18.6. The third kappa shape index (κ3) is 5.47. The lowest BCUT2D eigenvalue weighted by Gasteiger charge is -2.12. The summed E-state index contributed by atoms with van der Waals surface area (Å²) in [6.07, 6.45) is 3.31. The number of benzene rings is 3. The molecular formula is C26H23FN4O3. The van der Waals surface area contributed by atoms with Crippen LogP contribution in [0, 0.1) is 5.82 Å². The van der Waals surface area contributed by atoms with Crippen LogP contribution in [-0.4, -0.2) is 30.1 Å². The summed E-state index contributed by atoms with van der Waals surface area (Å²) < 4.78 is 23.7. The summed E-state index contributed by atoms with van der Waals surface area (Å²) >= 11 is 0. The standard InChI is InChI=1S/C26H23FN4O3/c1-33-23-10-11-24(34-2)19(13-23)14-28-25(32)18-4-3-5-22(12-18)31-26-29-15-20(16-30-26)17-6-8-21(27)9-7-17/h3-13,15-16H,14H2,1-2H3,(H,28,32)(H,29,30,31). The molecule has 172 valence electrons. The number of aromatic nitrogens is 2. The van der Waals surface area contributed by atoms with Gasteiger partial charge >= 0.3 is 0 Å². The van der Waals surface area contributed by atoms with E-state index in [1.807, 2.05) is 12.1 Å². The second kappa shape index (κ2) is 10.4. The number of halogens is 1. The number of nitrogens with one attached hydrogen (secondary N) is 2. The Kier molecular flexibility index (Phi) is 6.98. The zero-order chi connectivity index (χ0) is 23.9. The van der Waals surface area contributed by atoms with Crippen molar-refractivity contribution in [1.29, 1.82) is 0 Å². The van der Waals surface area contributed by atoms with Crippen LogP contribution in [0.3, 0.4) is 0 Å². The van der Waals surface area contributed by atoms with E-state index in [9.17, 15) is 9.18 Å². The SMILES string of the molecule is COc1ccc(OC)c(CNC(=O)c2cccc(Nc3ncc(-c4ccc(F)cc4)cn3)c2)c1. The van der Waals surface area contributed by atoms with E-state index in [-0.39, 0.29) is 18.3 Å². The van der Waals surface area contributed by atoms with Crippen molar-refractivity contribution >= 4 is 17.5 Å². The van der Waals surface area contributed by atoms with Gasteiger partial charge in [-0.15, -0.1) is 0 Å². The molecule has 4 aromatic rings. The van der Waals surface area contributed by atoms with Crippen LogP contribution in [0.4, 0.5) is 16.0 Å². The first-order valence-corrected chi connectivity index (χ1v) is 10.5. The second-order valence-corrected chi connectivity index (χ2v) is 7.37. The number of carbonyl (C=O) groups is 1. The molecule has 0 atom stereocenters. The first-order chi connectivity index (χ1) is 16.6. The second-order valence-electron chi connectivity index (χ2n) is 7.37. The van der Waals surface area contributed by atoms with E-state index >= 15 is 0 Å². The third-order valence-corrected chi connectivity index (χ3v) is 5.14. The number of anilines is 2. The fraction of sp³-hybridized carbons (Fsp3) is 0.115. The van der Waals surface area contributed by atoms with Crippen LogP contribution in [0.25, 0.3) is 11.1 Å². The molecule has 0 unspecified atom stereocenters. The molecule has 2 N–H and O–H groups in total. The summed E-state index contributed by atoms with van der Waals surface area (Å²) in [4.78, 5) is 21.4. The predicted molar refractivity (Wildman–Crippen MR) is 128 cm³/mol. The molecule has 0 bridgehead atoms. The van der Waals surface area contributed by atoms with E-state index in [0.29, 0.717) is 28.7 Å². The van der Waals surface area contributed by atoms with Gasteiger partial charge in [0.15, 0.2) is 0 Å². The van der Waals surface area contributed by atoms with Gasteiger partial charge in [0, 0.05) is 41.3 Å². The van der Waals surface area contributed by atoms with E-state index in [2.05, 4.69) is 20.6 Å². The van der Waals surface area contributed by atoms with Gasteiger partial charge in [0.1, 0.15) is 17.3 Å². The molecule has 0 fully saturated rings. The minimum atomic E-state index is -0.297. The van der Waals surface area contributed by atoms with Crippen LogP contribution in [0.2, 0.25) is 0 Å². The molecule has 0 aliphatic rings. The van der Waals surface area contributed by atoms with Gasteiger partial charge in [0.25, 0.3) is 5.91 Å². The molecule has 0 radical (unpaired) electrons. The summed E-state index contributed by atoms with van der Waals surface area (Å²) in [5, 5.41) is 6.00. The Labute approximate surface area is 196 Å². The molecule has 0 aliphatic heterocycles. The van der Waals surface area contributed by atoms with E-state index in [4.69, 9.17) is 9.47 Å². The predicted octanol–water partition coefficient (Wildman–Crippen LogP) is 4.97. The molecule has 0 saturated heterocycles. The fourth-order valence-electron chi connectivity index (χ4n) is 3.35. The van der Waals surface area contributed by atoms with E-state index < -0.39 is 0 Å². The Bertz CT molecular complexity index is 1280. The molecule has 0 saturated carbocycles. The summed E-state index contributed by atoms with van der Waals surface area (Å²) in [6.45, 7) is 0.283. The normalized spacial score (nSPS) is 10.4. The van der Waals surface area contributed by atoms with Gasteiger partial charge < -0.3 is 20.1 Å². The van der Waals surface area contributed by atoms with E-state index in [1.165, 1.54) is 12.1 Å². The highest BCUT2D eigenvalue weighted by molar-refractivity contribution is 5.95. The molecule has 0 aliphatic carbocycles. The number of ether oxygens (including phenoxy) is 2. The number of hydrogen-bond acceptors (Lipinski definition) is 6. The van der Waals surface area contributed by atoms with Crippen LogP contribution in [0.1, 0.15) is 15.9 Å². The molecule has 7 nitrogen and oxygen atoms in total. The highest BCUT2D eigenvalue weighted by Crippen LogP contribution is 2.24. The molecule has 34 heavy (non-hydrogen) atoms. The van der Waals surface area contributed by atoms with Crippen molar-refractivity contribution in [2.24, 2.45) is 0 Å². The monoisotopic (exact) mass is 458 g/mol. The molecule has 1 heterocycles. The quantitative estimate of drug-likeness (QED) is 0.388. The van der Waals surface area contributed by atoms with Gasteiger partial charge in [-0.05, 0) is 54.1 Å². The van der Waals surface area contributed by atoms with Crippen molar-refractivity contribution < 1.29 is 18.7 Å². The van der Waals surface area contributed by atoms with Gasteiger partial charge in [-0.1, -0.05) is 18.2 Å². The lowest BCUT2D eigenvalue weighted by Crippen LogP contribution is -2.23. The lowest BCUT2D eigenvalue weighted by atomic mass is 10.1. The van der Waals surface area contributed by atoms with Crippen molar-refractivity contribution in [3.63, 3.8) is 0 Å². The van der Waals surface area contributed by atoms with Crippen LogP contribution in [-0.2, 0) is 6.54 Å². The van der Waals surface area contributed by atoms with Crippen molar-refractivity contribution in [1.82, 2.24) is 15.3 Å². The van der Waals surface area contributed by atoms with Crippen molar-refractivity contribution in [3.05, 3.63) is 96.1 Å². The maximum Gasteiger partial charge on any atom is 0.251 e. The molecule has 4 rings (SSSR count). The molecule has 8 heteroatoms. The zero-order valence-electron chi connectivity index (χ0n) is 18.7. The average Bonchev–Trinajstić information content (AvgIpc) is 2.88. The van der Waals surface area contributed by atoms with Gasteiger partial charge in [0.05, 0.1) is 14.2 Å². The number of methoxy groups -OCH3 is 2. The van der Waals surface area contributed by atoms with Crippen molar-refractivity contribution in [3.8, 4) is 22.6 Å². The van der Waals surface area contributed by atoms with Crippen molar-refractivity contribution in [2.75, 3.05) is 19.5 Å². The highest BCUT2D eigenvalue weighted by Gasteiger charge is 2.10. The first-order valence-electron chi connectivity index (χ1n) is 10.5. The van der Waals surface area contributed by atoms with Crippen LogP contribution < -0.4 is 20.1 Å². The Morgan fingerprint density at radius 2 is 1.68 bits per heavy atom. The van der Waals surface area contributed by atoms with Crippen LogP contribution >= 0.6 is 0 Å². The zero-order valence-corrected chi connectivity index (χ0v) is 18.7. The fourth-order valence-corrected chi connectivity index (χ4v) is 3.35. The van der Waals surface area contributed by atoms with E-state index in [1.54, 1.807) is 69.1 Å².